The Labute approximate surface area is 276 Å². The number of esters is 1. The molecule has 1 N–H and O–H groups in total. The molecule has 0 aliphatic heterocycles. The van der Waals surface area contributed by atoms with E-state index in [2.05, 4.69) is 19.2 Å². The second-order valence-corrected chi connectivity index (χ2v) is 14.2. The van der Waals surface area contributed by atoms with Gasteiger partial charge in [-0.3, -0.25) is 9.59 Å². The predicted octanol–water partition coefficient (Wildman–Crippen LogP) is 12.7. The van der Waals surface area contributed by atoms with Gasteiger partial charge in [0.2, 0.25) is 5.91 Å². The summed E-state index contributed by atoms with van der Waals surface area (Å²) < 4.78 is 5.27. The van der Waals surface area contributed by atoms with E-state index in [0.29, 0.717) is 12.8 Å². The molecule has 0 fully saturated rings. The fraction of sp³-hybridized carbons (Fsp3) is 0.950. The standard InChI is InChI=1S/C40H79NO3/c1-6-8-10-12-18-24-30-37(32-26-20-14-16-22-28-34-39(42)41-5)38(31-25-19-13-11-9-7-2)33-27-21-15-17-23-29-35-40(43)44-36(3)4/h36-38H,6-35H2,1-5H3,(H,41,42). The molecule has 0 aliphatic carbocycles. The van der Waals surface area contributed by atoms with E-state index in [1.807, 2.05) is 13.8 Å². The number of hydrogen-bond donors (Lipinski definition) is 1. The Hall–Kier alpha value is -1.06. The fourth-order valence-electron chi connectivity index (χ4n) is 6.83. The molecule has 4 nitrogen and oxygen atoms in total. The lowest BCUT2D eigenvalue weighted by molar-refractivity contribution is -0.147. The van der Waals surface area contributed by atoms with Crippen molar-refractivity contribution >= 4 is 11.9 Å². The number of carbonyl (C=O) groups excluding carboxylic acids is 2. The molecular weight excluding hydrogens is 542 g/mol. The molecule has 0 aliphatic rings. The highest BCUT2D eigenvalue weighted by Gasteiger charge is 2.20. The molecule has 0 rings (SSSR count). The van der Waals surface area contributed by atoms with Gasteiger partial charge in [0, 0.05) is 19.9 Å². The van der Waals surface area contributed by atoms with Gasteiger partial charge in [-0.2, -0.15) is 0 Å². The second-order valence-electron chi connectivity index (χ2n) is 14.2. The summed E-state index contributed by atoms with van der Waals surface area (Å²) in [5.74, 6) is 1.98. The molecule has 1 amide bonds. The van der Waals surface area contributed by atoms with E-state index in [-0.39, 0.29) is 18.0 Å². The molecule has 0 spiro atoms. The normalized spacial score (nSPS) is 12.9. The van der Waals surface area contributed by atoms with E-state index in [0.717, 1.165) is 31.1 Å². The Balaban J connectivity index is 4.75. The molecular formula is C40H79NO3. The van der Waals surface area contributed by atoms with E-state index < -0.39 is 0 Å². The molecule has 0 aromatic heterocycles. The highest BCUT2D eigenvalue weighted by Crippen LogP contribution is 2.33. The van der Waals surface area contributed by atoms with Crippen LogP contribution in [-0.4, -0.2) is 25.0 Å². The topological polar surface area (TPSA) is 55.4 Å². The number of unbranched alkanes of at least 4 members (excludes halogenated alkanes) is 20. The third-order valence-electron chi connectivity index (χ3n) is 9.60. The Morgan fingerprint density at radius 3 is 1.14 bits per heavy atom. The number of amides is 1. The monoisotopic (exact) mass is 622 g/mol. The SMILES string of the molecule is CCCCCCCCC(CCCCCCCCC(=O)NC)C(CCCCCCCC)CCCCCCCCC(=O)OC(C)C. The third kappa shape index (κ3) is 29.6. The first-order valence-corrected chi connectivity index (χ1v) is 19.8. The summed E-state index contributed by atoms with van der Waals surface area (Å²) in [5, 5.41) is 2.74. The molecule has 4 heteroatoms. The van der Waals surface area contributed by atoms with Crippen LogP contribution in [0.3, 0.4) is 0 Å². The van der Waals surface area contributed by atoms with Crippen LogP contribution in [0.15, 0.2) is 0 Å². The summed E-state index contributed by atoms with van der Waals surface area (Å²) in [4.78, 5) is 23.2. The minimum absolute atomic E-state index is 0.00279. The highest BCUT2D eigenvalue weighted by molar-refractivity contribution is 5.75. The lowest BCUT2D eigenvalue weighted by Crippen LogP contribution is -2.16. The number of ether oxygens (including phenoxy) is 1. The zero-order valence-electron chi connectivity index (χ0n) is 30.7. The summed E-state index contributed by atoms with van der Waals surface area (Å²) >= 11 is 0. The van der Waals surface area contributed by atoms with Crippen LogP contribution in [-0.2, 0) is 14.3 Å². The van der Waals surface area contributed by atoms with Gasteiger partial charge in [0.05, 0.1) is 6.10 Å². The minimum atomic E-state index is -0.0324. The van der Waals surface area contributed by atoms with Gasteiger partial charge in [0.1, 0.15) is 0 Å². The van der Waals surface area contributed by atoms with Gasteiger partial charge in [-0.25, -0.2) is 0 Å². The van der Waals surface area contributed by atoms with Gasteiger partial charge in [0.25, 0.3) is 0 Å². The average molecular weight is 622 g/mol. The maximum atomic E-state index is 11.8. The summed E-state index contributed by atoms with van der Waals surface area (Å²) in [6.45, 7) is 8.48. The van der Waals surface area contributed by atoms with Crippen LogP contribution in [0, 0.1) is 11.8 Å². The summed E-state index contributed by atoms with van der Waals surface area (Å²) in [6.07, 6.45) is 38.9. The molecule has 0 radical (unpaired) electrons. The molecule has 0 heterocycles. The van der Waals surface area contributed by atoms with Gasteiger partial charge >= 0.3 is 5.97 Å². The van der Waals surface area contributed by atoms with Gasteiger partial charge in [0.15, 0.2) is 0 Å². The Morgan fingerprint density at radius 2 is 0.795 bits per heavy atom. The van der Waals surface area contributed by atoms with Crippen LogP contribution in [0.1, 0.15) is 220 Å². The van der Waals surface area contributed by atoms with Crippen LogP contribution >= 0.6 is 0 Å². The van der Waals surface area contributed by atoms with Crippen molar-refractivity contribution in [3.8, 4) is 0 Å². The average Bonchev–Trinajstić information content (AvgIpc) is 3.00. The van der Waals surface area contributed by atoms with E-state index in [9.17, 15) is 9.59 Å². The first-order chi connectivity index (χ1) is 21.4. The smallest absolute Gasteiger partial charge is 0.306 e. The van der Waals surface area contributed by atoms with Crippen molar-refractivity contribution in [2.75, 3.05) is 7.05 Å². The maximum Gasteiger partial charge on any atom is 0.306 e. The third-order valence-corrected chi connectivity index (χ3v) is 9.60. The molecule has 262 valence electrons. The lowest BCUT2D eigenvalue weighted by Gasteiger charge is -2.28. The molecule has 2 atom stereocenters. The summed E-state index contributed by atoms with van der Waals surface area (Å²) in [7, 11) is 1.74. The molecule has 44 heavy (non-hydrogen) atoms. The van der Waals surface area contributed by atoms with Crippen molar-refractivity contribution in [2.45, 2.75) is 226 Å². The maximum absolute atomic E-state index is 11.8. The van der Waals surface area contributed by atoms with E-state index in [1.165, 1.54) is 161 Å². The molecule has 0 aromatic carbocycles. The predicted molar refractivity (Wildman–Crippen MR) is 192 cm³/mol. The van der Waals surface area contributed by atoms with E-state index in [4.69, 9.17) is 4.74 Å². The molecule has 0 saturated carbocycles. The number of nitrogens with one attached hydrogen (secondary N) is 1. The first kappa shape index (κ1) is 42.9. The largest absolute Gasteiger partial charge is 0.463 e. The molecule has 0 saturated heterocycles. The van der Waals surface area contributed by atoms with Crippen molar-refractivity contribution in [3.63, 3.8) is 0 Å². The highest BCUT2D eigenvalue weighted by atomic mass is 16.5. The summed E-state index contributed by atoms with van der Waals surface area (Å²) in [6, 6.07) is 0. The quantitative estimate of drug-likeness (QED) is 0.0574. The van der Waals surface area contributed by atoms with Crippen molar-refractivity contribution in [1.29, 1.82) is 0 Å². The van der Waals surface area contributed by atoms with Crippen molar-refractivity contribution in [2.24, 2.45) is 11.8 Å². The zero-order chi connectivity index (χ0) is 32.5. The van der Waals surface area contributed by atoms with Gasteiger partial charge in [-0.05, 0) is 38.5 Å². The van der Waals surface area contributed by atoms with Crippen molar-refractivity contribution in [1.82, 2.24) is 5.32 Å². The number of carbonyl (C=O) groups is 2. The zero-order valence-corrected chi connectivity index (χ0v) is 30.7. The van der Waals surface area contributed by atoms with Crippen molar-refractivity contribution < 1.29 is 14.3 Å². The first-order valence-electron chi connectivity index (χ1n) is 19.8. The van der Waals surface area contributed by atoms with Crippen LogP contribution in [0.4, 0.5) is 0 Å². The van der Waals surface area contributed by atoms with E-state index in [1.54, 1.807) is 7.05 Å². The fourth-order valence-corrected chi connectivity index (χ4v) is 6.83. The van der Waals surface area contributed by atoms with Crippen LogP contribution in [0.5, 0.6) is 0 Å². The van der Waals surface area contributed by atoms with Gasteiger partial charge in [-0.1, -0.05) is 181 Å². The molecule has 0 aromatic rings. The number of hydrogen-bond acceptors (Lipinski definition) is 3. The van der Waals surface area contributed by atoms with Gasteiger partial charge in [-0.15, -0.1) is 0 Å². The van der Waals surface area contributed by atoms with E-state index >= 15 is 0 Å². The molecule has 0 bridgehead atoms. The second kappa shape index (κ2) is 33.3. The Kier molecular flexibility index (Phi) is 32.5. The minimum Gasteiger partial charge on any atom is -0.463 e. The van der Waals surface area contributed by atoms with Crippen LogP contribution in [0.25, 0.3) is 0 Å². The summed E-state index contributed by atoms with van der Waals surface area (Å²) in [5.41, 5.74) is 0. The van der Waals surface area contributed by atoms with Crippen molar-refractivity contribution in [3.05, 3.63) is 0 Å². The van der Waals surface area contributed by atoms with Gasteiger partial charge < -0.3 is 10.1 Å². The van der Waals surface area contributed by atoms with Crippen LogP contribution < -0.4 is 5.32 Å². The lowest BCUT2D eigenvalue weighted by atomic mass is 9.78. The Morgan fingerprint density at radius 1 is 0.477 bits per heavy atom. The Bertz CT molecular complexity index is 620. The van der Waals surface area contributed by atoms with Crippen LogP contribution in [0.2, 0.25) is 0 Å². The molecule has 2 unspecified atom stereocenters. The number of rotatable bonds is 34.